The Morgan fingerprint density at radius 3 is 0.500 bits per heavy atom. The van der Waals surface area contributed by atoms with E-state index in [0.717, 1.165) is 0 Å². The summed E-state index contributed by atoms with van der Waals surface area (Å²) in [4.78, 5) is 0. The van der Waals surface area contributed by atoms with Gasteiger partial charge in [0.05, 0.1) is 0 Å². The minimum atomic E-state index is 0. The summed E-state index contributed by atoms with van der Waals surface area (Å²) in [7, 11) is 0. The van der Waals surface area contributed by atoms with Gasteiger partial charge in [-0.25, -0.2) is 0 Å². The van der Waals surface area contributed by atoms with E-state index in [4.69, 9.17) is 0 Å². The minimum Gasteiger partial charge on any atom is -1.00 e. The van der Waals surface area contributed by atoms with Crippen molar-refractivity contribution in [3.8, 4) is 0 Å². The van der Waals surface area contributed by atoms with Crippen LogP contribution >= 0.6 is 0 Å². The zero-order valence-corrected chi connectivity index (χ0v) is 5.23. The summed E-state index contributed by atoms with van der Waals surface area (Å²) in [5, 5.41) is 0. The average molecular weight is 235 g/mol. The van der Waals surface area contributed by atoms with Crippen molar-refractivity contribution in [1.82, 2.24) is 0 Å². The molecule has 0 fully saturated rings. The molecule has 0 amide bonds. The van der Waals surface area contributed by atoms with Gasteiger partial charge in [0.2, 0.25) is 0 Å². The Balaban J connectivity index is 0. The topological polar surface area (TPSA) is 0 Å². The van der Waals surface area contributed by atoms with E-state index in [-0.39, 0.29) is 40.0 Å². The Hall–Kier alpha value is 0.660. The molecule has 1 radical (unpaired) electrons. The number of rotatable bonds is 0. The molecule has 0 heterocycles. The van der Waals surface area contributed by atoms with E-state index in [1.54, 1.807) is 0 Å². The Kier molecular flexibility index (Phi) is 2130. The van der Waals surface area contributed by atoms with Crippen LogP contribution in [-0.4, -0.2) is 0 Å². The van der Waals surface area contributed by atoms with Crippen LogP contribution in [0.3, 0.4) is 0 Å². The molecule has 0 aromatic heterocycles. The SMILES string of the molecule is [F-].[F-].[F-].[Hf+3]. The first-order valence-corrected chi connectivity index (χ1v) is 0. The van der Waals surface area contributed by atoms with Gasteiger partial charge in [0.25, 0.3) is 0 Å². The van der Waals surface area contributed by atoms with E-state index >= 15 is 0 Å². The second-order valence-electron chi connectivity index (χ2n) is 0. The smallest absolute Gasteiger partial charge is 1.00 e. The summed E-state index contributed by atoms with van der Waals surface area (Å²) in [6.45, 7) is 0. The largest absolute Gasteiger partial charge is 3.00 e. The van der Waals surface area contributed by atoms with Gasteiger partial charge in [0.1, 0.15) is 0 Å². The Morgan fingerprint density at radius 2 is 0.500 bits per heavy atom. The van der Waals surface area contributed by atoms with Crippen molar-refractivity contribution in [1.29, 1.82) is 0 Å². The second-order valence-corrected chi connectivity index (χ2v) is 0. The fourth-order valence-electron chi connectivity index (χ4n) is 0. The zero-order chi connectivity index (χ0) is 0. The van der Waals surface area contributed by atoms with Gasteiger partial charge >= 0.3 is 25.8 Å². The molecule has 4 heavy (non-hydrogen) atoms. The van der Waals surface area contributed by atoms with Crippen LogP contribution in [0.4, 0.5) is 0 Å². The summed E-state index contributed by atoms with van der Waals surface area (Å²) in [5.74, 6) is 0. The maximum absolute atomic E-state index is 0. The van der Waals surface area contributed by atoms with Gasteiger partial charge in [-0.15, -0.1) is 0 Å². The Morgan fingerprint density at radius 1 is 0.500 bits per heavy atom. The third kappa shape index (κ3) is 16.8. The maximum atomic E-state index is 0. The first-order chi connectivity index (χ1) is 0. The standard InChI is InChI=1S/3FH.Hf/h3*1H;/q;;;+3/p-3. The van der Waals surface area contributed by atoms with Crippen LogP contribution in [0.5, 0.6) is 0 Å². The molecule has 0 aliphatic carbocycles. The Bertz CT molecular complexity index is 3.25. The first kappa shape index (κ1) is 143. The quantitative estimate of drug-likeness (QED) is 0.366. The normalized spacial score (nSPS) is 0. The molecule has 0 N–H and O–H groups in total. The molecule has 25 valence electrons. The zero-order valence-electron chi connectivity index (χ0n) is 1.63. The molecular weight excluding hydrogens is 235 g/mol. The van der Waals surface area contributed by atoms with Crippen LogP contribution in [-0.2, 0) is 25.8 Å². The molecule has 0 aromatic carbocycles. The van der Waals surface area contributed by atoms with Gasteiger partial charge in [-0.1, -0.05) is 0 Å². The van der Waals surface area contributed by atoms with Gasteiger partial charge < -0.3 is 14.1 Å². The molecule has 0 aromatic rings. The summed E-state index contributed by atoms with van der Waals surface area (Å²) >= 11 is 0. The second kappa shape index (κ2) is 59.4. The van der Waals surface area contributed by atoms with Gasteiger partial charge in [0, 0.05) is 0 Å². The summed E-state index contributed by atoms with van der Waals surface area (Å²) in [6.07, 6.45) is 0. The van der Waals surface area contributed by atoms with Crippen molar-refractivity contribution in [2.45, 2.75) is 0 Å². The predicted octanol–water partition coefficient (Wildman–Crippen LogP) is -8.99. The van der Waals surface area contributed by atoms with E-state index < -0.39 is 0 Å². The van der Waals surface area contributed by atoms with Crippen molar-refractivity contribution in [3.63, 3.8) is 0 Å². The van der Waals surface area contributed by atoms with E-state index in [2.05, 4.69) is 0 Å². The summed E-state index contributed by atoms with van der Waals surface area (Å²) in [6, 6.07) is 0. The maximum Gasteiger partial charge on any atom is 3.00 e. The fourth-order valence-corrected chi connectivity index (χ4v) is 0. The average Bonchev–Trinajstić information content (AvgIpc) is 0. The van der Waals surface area contributed by atoms with Crippen molar-refractivity contribution < 1.29 is 40.0 Å². The minimum absolute atomic E-state index is 0. The van der Waals surface area contributed by atoms with Crippen LogP contribution < -0.4 is 14.1 Å². The third-order valence-electron chi connectivity index (χ3n) is 0. The Labute approximate surface area is 40.5 Å². The molecule has 0 bridgehead atoms. The molecule has 0 saturated heterocycles. The van der Waals surface area contributed by atoms with E-state index in [1.165, 1.54) is 0 Å². The van der Waals surface area contributed by atoms with Crippen LogP contribution in [0.15, 0.2) is 0 Å². The molecule has 0 spiro atoms. The molecule has 0 unspecified atom stereocenters. The van der Waals surface area contributed by atoms with Crippen molar-refractivity contribution >= 4 is 0 Å². The van der Waals surface area contributed by atoms with Crippen molar-refractivity contribution in [3.05, 3.63) is 0 Å². The molecule has 0 saturated carbocycles. The van der Waals surface area contributed by atoms with Crippen molar-refractivity contribution in [2.24, 2.45) is 0 Å². The van der Waals surface area contributed by atoms with E-state index in [9.17, 15) is 0 Å². The molecule has 0 aliphatic heterocycles. The molecule has 0 rings (SSSR count). The number of hydrogen-bond donors (Lipinski definition) is 0. The van der Waals surface area contributed by atoms with Crippen LogP contribution in [0.2, 0.25) is 0 Å². The summed E-state index contributed by atoms with van der Waals surface area (Å²) < 4.78 is 0. The molecular formula is F3Hf. The molecule has 0 nitrogen and oxygen atoms in total. The number of hydrogen-bond acceptors (Lipinski definition) is 0. The summed E-state index contributed by atoms with van der Waals surface area (Å²) in [5.41, 5.74) is 0. The van der Waals surface area contributed by atoms with E-state index in [0.29, 0.717) is 0 Å². The van der Waals surface area contributed by atoms with Crippen LogP contribution in [0, 0.1) is 0 Å². The van der Waals surface area contributed by atoms with Gasteiger partial charge in [0.15, 0.2) is 0 Å². The third-order valence-corrected chi connectivity index (χ3v) is 0. The monoisotopic (exact) mass is 237 g/mol. The predicted molar refractivity (Wildman–Crippen MR) is 0 cm³/mol. The van der Waals surface area contributed by atoms with Crippen LogP contribution in [0.1, 0.15) is 0 Å². The van der Waals surface area contributed by atoms with Crippen LogP contribution in [0.25, 0.3) is 0 Å². The fraction of sp³-hybridized carbons (Fsp3) is 0. The number of halogens is 3. The first-order valence-electron chi connectivity index (χ1n) is 0. The van der Waals surface area contributed by atoms with Gasteiger partial charge in [-0.3, -0.25) is 0 Å². The van der Waals surface area contributed by atoms with Gasteiger partial charge in [-0.05, 0) is 0 Å². The van der Waals surface area contributed by atoms with E-state index in [1.807, 2.05) is 0 Å². The van der Waals surface area contributed by atoms with Crippen molar-refractivity contribution in [2.75, 3.05) is 0 Å². The molecule has 0 aliphatic rings. The molecule has 0 atom stereocenters. The molecule has 4 heteroatoms. The van der Waals surface area contributed by atoms with Gasteiger partial charge in [-0.2, -0.15) is 0 Å².